The minimum absolute atomic E-state index is 0.233. The number of hydrogen-bond donors (Lipinski definition) is 3. The van der Waals surface area contributed by atoms with Crippen LogP contribution in [0.3, 0.4) is 0 Å². The average Bonchev–Trinajstić information content (AvgIpc) is 3.09. The Morgan fingerprint density at radius 1 is 1.27 bits per heavy atom. The molecule has 7 nitrogen and oxygen atoms in total. The Morgan fingerprint density at radius 2 is 2.03 bits per heavy atom. The smallest absolute Gasteiger partial charge is 0.260 e. The van der Waals surface area contributed by atoms with Gasteiger partial charge in [0.05, 0.1) is 12.8 Å². The van der Waals surface area contributed by atoms with Gasteiger partial charge in [-0.05, 0) is 42.2 Å². The van der Waals surface area contributed by atoms with Crippen LogP contribution >= 0.6 is 11.3 Å². The van der Waals surface area contributed by atoms with Crippen LogP contribution in [0.2, 0.25) is 0 Å². The molecule has 8 heteroatoms. The van der Waals surface area contributed by atoms with E-state index in [1.807, 2.05) is 42.5 Å². The van der Waals surface area contributed by atoms with E-state index in [1.54, 1.807) is 7.11 Å². The molecule has 0 bridgehead atoms. The zero-order valence-corrected chi connectivity index (χ0v) is 17.6. The summed E-state index contributed by atoms with van der Waals surface area (Å²) in [5, 5.41) is 0.755. The Morgan fingerprint density at radius 3 is 2.73 bits per heavy atom. The van der Waals surface area contributed by atoms with Crippen molar-refractivity contribution in [2.75, 3.05) is 30.8 Å². The molecule has 1 aliphatic rings. The van der Waals surface area contributed by atoms with Gasteiger partial charge in [-0.3, -0.25) is 4.79 Å². The van der Waals surface area contributed by atoms with Crippen molar-refractivity contribution in [3.05, 3.63) is 46.3 Å². The van der Waals surface area contributed by atoms with Crippen LogP contribution in [0.15, 0.2) is 30.3 Å². The van der Waals surface area contributed by atoms with Crippen LogP contribution in [-0.4, -0.2) is 37.1 Å². The van der Waals surface area contributed by atoms with Crippen molar-refractivity contribution in [1.82, 2.24) is 4.98 Å². The molecule has 6 N–H and O–H groups in total. The number of carbonyl (C=O) groups excluding carboxylic acids is 1. The van der Waals surface area contributed by atoms with E-state index in [-0.39, 0.29) is 6.04 Å². The number of pyridine rings is 1. The number of nitrogens with zero attached hydrogens (tertiary/aromatic N) is 2. The maximum atomic E-state index is 11.8. The highest BCUT2D eigenvalue weighted by Crippen LogP contribution is 2.37. The fourth-order valence-electron chi connectivity index (χ4n) is 3.67. The Hall–Kier alpha value is -3.10. The van der Waals surface area contributed by atoms with E-state index in [9.17, 15) is 4.79 Å². The Kier molecular flexibility index (Phi) is 5.61. The van der Waals surface area contributed by atoms with Gasteiger partial charge < -0.3 is 26.8 Å². The summed E-state index contributed by atoms with van der Waals surface area (Å²) in [6.45, 7) is 1.70. The molecule has 1 amide bonds. The first-order chi connectivity index (χ1) is 14.5. The second-order valence-corrected chi connectivity index (χ2v) is 8.39. The fraction of sp³-hybridized carbons (Fsp3) is 0.273. The SMILES string of the molecule is COc1cccc(/C=C/c2cc(N3CCC(N)CC3)nc3sc(C(N)=O)c(N)c23)c1. The lowest BCUT2D eigenvalue weighted by atomic mass is 10.0. The summed E-state index contributed by atoms with van der Waals surface area (Å²) >= 11 is 1.24. The number of thiophene rings is 1. The second kappa shape index (κ2) is 8.33. The van der Waals surface area contributed by atoms with Gasteiger partial charge in [-0.25, -0.2) is 4.98 Å². The summed E-state index contributed by atoms with van der Waals surface area (Å²) in [6, 6.07) is 10.0. The number of nitrogens with two attached hydrogens (primary N) is 3. The van der Waals surface area contributed by atoms with Crippen molar-refractivity contribution in [1.29, 1.82) is 0 Å². The molecule has 30 heavy (non-hydrogen) atoms. The van der Waals surface area contributed by atoms with Gasteiger partial charge in [0, 0.05) is 24.5 Å². The van der Waals surface area contributed by atoms with E-state index in [2.05, 4.69) is 4.90 Å². The van der Waals surface area contributed by atoms with Crippen LogP contribution in [0.25, 0.3) is 22.4 Å². The number of methoxy groups -OCH3 is 1. The number of fused-ring (bicyclic) bond motifs is 1. The molecular weight excluding hydrogens is 398 g/mol. The lowest BCUT2D eigenvalue weighted by molar-refractivity contribution is 0.100. The lowest BCUT2D eigenvalue weighted by Crippen LogP contribution is -2.40. The molecule has 4 rings (SSSR count). The number of primary amides is 1. The lowest BCUT2D eigenvalue weighted by Gasteiger charge is -2.31. The zero-order valence-electron chi connectivity index (χ0n) is 16.8. The topological polar surface area (TPSA) is 120 Å². The number of rotatable bonds is 5. The molecule has 0 unspecified atom stereocenters. The molecule has 2 aromatic heterocycles. The molecule has 0 aliphatic carbocycles. The molecule has 1 fully saturated rings. The molecule has 156 valence electrons. The predicted octanol–water partition coefficient (Wildman–Crippen LogP) is 3.08. The van der Waals surface area contributed by atoms with Gasteiger partial charge in [-0.1, -0.05) is 24.3 Å². The minimum atomic E-state index is -0.538. The fourth-order valence-corrected chi connectivity index (χ4v) is 4.65. The third-order valence-corrected chi connectivity index (χ3v) is 6.47. The summed E-state index contributed by atoms with van der Waals surface area (Å²) < 4.78 is 5.30. The second-order valence-electron chi connectivity index (χ2n) is 7.39. The van der Waals surface area contributed by atoms with Gasteiger partial charge >= 0.3 is 0 Å². The van der Waals surface area contributed by atoms with Gasteiger partial charge in [0.2, 0.25) is 0 Å². The summed E-state index contributed by atoms with van der Waals surface area (Å²) in [6.07, 6.45) is 5.84. The largest absolute Gasteiger partial charge is 0.497 e. The standard InChI is InChI=1S/C22H25N5O2S/c1-29-16-4-2-3-13(11-16)5-6-14-12-17(27-9-7-15(23)8-10-27)26-22-18(14)19(24)20(30-22)21(25)28/h2-6,11-12,15H,7-10,23-24H2,1H3,(H2,25,28)/b6-5+. The first kappa shape index (κ1) is 20.2. The first-order valence-electron chi connectivity index (χ1n) is 9.81. The van der Waals surface area contributed by atoms with Crippen LogP contribution in [0.5, 0.6) is 5.75 Å². The quantitative estimate of drug-likeness (QED) is 0.580. The number of piperidine rings is 1. The van der Waals surface area contributed by atoms with Crippen molar-refractivity contribution >= 4 is 51.1 Å². The summed E-state index contributed by atoms with van der Waals surface area (Å²) in [7, 11) is 1.64. The molecule has 0 spiro atoms. The number of nitrogen functional groups attached to an aromatic ring is 1. The van der Waals surface area contributed by atoms with E-state index in [0.717, 1.165) is 54.0 Å². The van der Waals surface area contributed by atoms with Crippen LogP contribution in [0.1, 0.15) is 33.6 Å². The number of carbonyl (C=O) groups is 1. The maximum absolute atomic E-state index is 11.8. The highest BCUT2D eigenvalue weighted by molar-refractivity contribution is 7.21. The molecule has 1 saturated heterocycles. The van der Waals surface area contributed by atoms with E-state index in [4.69, 9.17) is 26.9 Å². The van der Waals surface area contributed by atoms with Gasteiger partial charge in [0.25, 0.3) is 5.91 Å². The van der Waals surface area contributed by atoms with Crippen LogP contribution < -0.4 is 26.8 Å². The van der Waals surface area contributed by atoms with E-state index in [1.165, 1.54) is 11.3 Å². The van der Waals surface area contributed by atoms with Crippen LogP contribution in [-0.2, 0) is 0 Å². The number of ether oxygens (including phenoxy) is 1. The molecular formula is C22H25N5O2S. The molecule has 1 aliphatic heterocycles. The number of aromatic nitrogens is 1. The Balaban J connectivity index is 1.80. The number of anilines is 2. The van der Waals surface area contributed by atoms with Crippen molar-refractivity contribution in [2.24, 2.45) is 11.5 Å². The highest BCUT2D eigenvalue weighted by atomic mass is 32.1. The molecule has 3 aromatic rings. The van der Waals surface area contributed by atoms with E-state index < -0.39 is 5.91 Å². The Bertz CT molecular complexity index is 1120. The van der Waals surface area contributed by atoms with E-state index >= 15 is 0 Å². The van der Waals surface area contributed by atoms with Gasteiger partial charge in [0.1, 0.15) is 21.3 Å². The molecule has 0 saturated carbocycles. The monoisotopic (exact) mass is 423 g/mol. The molecule has 0 atom stereocenters. The number of benzene rings is 1. The van der Waals surface area contributed by atoms with Gasteiger partial charge in [-0.15, -0.1) is 11.3 Å². The first-order valence-corrected chi connectivity index (χ1v) is 10.6. The summed E-state index contributed by atoms with van der Waals surface area (Å²) in [5.41, 5.74) is 20.1. The summed E-state index contributed by atoms with van der Waals surface area (Å²) in [5.74, 6) is 1.11. The summed E-state index contributed by atoms with van der Waals surface area (Å²) in [4.78, 5) is 19.9. The third kappa shape index (κ3) is 3.96. The average molecular weight is 424 g/mol. The normalized spacial score (nSPS) is 15.2. The molecule has 3 heterocycles. The minimum Gasteiger partial charge on any atom is -0.497 e. The Labute approximate surface area is 179 Å². The van der Waals surface area contributed by atoms with Crippen LogP contribution in [0, 0.1) is 0 Å². The van der Waals surface area contributed by atoms with Crippen molar-refractivity contribution < 1.29 is 9.53 Å². The van der Waals surface area contributed by atoms with Gasteiger partial charge in [0.15, 0.2) is 0 Å². The van der Waals surface area contributed by atoms with Crippen LogP contribution in [0.4, 0.5) is 11.5 Å². The predicted molar refractivity (Wildman–Crippen MR) is 124 cm³/mol. The molecule has 1 aromatic carbocycles. The van der Waals surface area contributed by atoms with Gasteiger partial charge in [-0.2, -0.15) is 0 Å². The molecule has 0 radical (unpaired) electrons. The maximum Gasteiger partial charge on any atom is 0.260 e. The van der Waals surface area contributed by atoms with Crippen molar-refractivity contribution in [2.45, 2.75) is 18.9 Å². The number of amides is 1. The highest BCUT2D eigenvalue weighted by Gasteiger charge is 2.22. The van der Waals surface area contributed by atoms with E-state index in [0.29, 0.717) is 15.4 Å². The zero-order chi connectivity index (χ0) is 21.3. The third-order valence-electron chi connectivity index (χ3n) is 5.35. The van der Waals surface area contributed by atoms with Crippen molar-refractivity contribution in [3.63, 3.8) is 0 Å². The number of hydrogen-bond acceptors (Lipinski definition) is 7. The van der Waals surface area contributed by atoms with Crippen molar-refractivity contribution in [3.8, 4) is 5.75 Å².